The van der Waals surface area contributed by atoms with Crippen LogP contribution in [0.5, 0.6) is 0 Å². The summed E-state index contributed by atoms with van der Waals surface area (Å²) >= 11 is 0. The second kappa shape index (κ2) is 8.12. The Morgan fingerprint density at radius 2 is 2.00 bits per heavy atom. The first-order chi connectivity index (χ1) is 14.5. The summed E-state index contributed by atoms with van der Waals surface area (Å²) < 4.78 is 15.2. The van der Waals surface area contributed by atoms with E-state index in [1.54, 1.807) is 12.1 Å². The number of hydrogen-bond donors (Lipinski definition) is 2. The molecule has 2 amide bonds. The number of nitrogens with zero attached hydrogens (tertiary/aromatic N) is 2. The van der Waals surface area contributed by atoms with Gasteiger partial charge in [-0.15, -0.1) is 0 Å². The van der Waals surface area contributed by atoms with Crippen molar-refractivity contribution in [3.63, 3.8) is 0 Å². The van der Waals surface area contributed by atoms with Crippen LogP contribution < -0.4 is 5.32 Å². The number of urea groups is 1. The number of nitrogens with one attached hydrogen (secondary N) is 1. The lowest BCUT2D eigenvalue weighted by Gasteiger charge is -2.31. The van der Waals surface area contributed by atoms with Gasteiger partial charge in [0.25, 0.3) is 0 Å². The first-order valence-corrected chi connectivity index (χ1v) is 9.72. The number of carbonyl (C=O) groups is 2. The molecule has 154 valence electrons. The molecule has 0 bridgehead atoms. The third-order valence-corrected chi connectivity index (χ3v) is 5.34. The lowest BCUT2D eigenvalue weighted by Crippen LogP contribution is -2.37. The maximum absolute atomic E-state index is 13.3. The summed E-state index contributed by atoms with van der Waals surface area (Å²) in [6.07, 6.45) is 4.88. The minimum atomic E-state index is -0.509. The molecule has 0 fully saturated rings. The summed E-state index contributed by atoms with van der Waals surface area (Å²) in [6.45, 7) is 2.39. The number of carbonyl (C=O) groups excluding carboxylic acids is 2. The molecule has 0 saturated heterocycles. The van der Waals surface area contributed by atoms with E-state index in [1.165, 1.54) is 29.3 Å². The molecule has 30 heavy (non-hydrogen) atoms. The highest BCUT2D eigenvalue weighted by molar-refractivity contribution is 5.97. The Bertz CT molecular complexity index is 1130. The number of rotatable bonds is 4. The van der Waals surface area contributed by atoms with E-state index in [4.69, 9.17) is 0 Å². The Balaban J connectivity index is 1.63. The number of fused-ring (bicyclic) bond motifs is 1. The first kappa shape index (κ1) is 19.8. The Kier molecular flexibility index (Phi) is 5.37. The minimum Gasteiger partial charge on any atom is -0.395 e. The number of benzene rings is 2. The van der Waals surface area contributed by atoms with Crippen molar-refractivity contribution in [3.8, 4) is 0 Å². The maximum atomic E-state index is 13.3. The molecule has 4 rings (SSSR count). The molecule has 0 radical (unpaired) electrons. The van der Waals surface area contributed by atoms with E-state index in [9.17, 15) is 19.1 Å². The van der Waals surface area contributed by atoms with Crippen LogP contribution in [-0.2, 0) is 11.3 Å². The van der Waals surface area contributed by atoms with Crippen molar-refractivity contribution in [1.29, 1.82) is 0 Å². The highest BCUT2D eigenvalue weighted by Gasteiger charge is 2.29. The molecule has 1 unspecified atom stereocenters. The van der Waals surface area contributed by atoms with Gasteiger partial charge in [0.15, 0.2) is 5.78 Å². The van der Waals surface area contributed by atoms with Gasteiger partial charge in [-0.3, -0.25) is 9.69 Å². The predicted octanol–water partition coefficient (Wildman–Crippen LogP) is 4.14. The van der Waals surface area contributed by atoms with Crippen molar-refractivity contribution in [2.24, 2.45) is 0 Å². The molecule has 1 aliphatic heterocycles. The lowest BCUT2D eigenvalue weighted by molar-refractivity contribution is -0.116. The van der Waals surface area contributed by atoms with Crippen LogP contribution in [0.3, 0.4) is 0 Å². The second-order valence-electron chi connectivity index (χ2n) is 7.35. The molecule has 0 spiro atoms. The van der Waals surface area contributed by atoms with Gasteiger partial charge in [-0.25, -0.2) is 9.18 Å². The van der Waals surface area contributed by atoms with Crippen LogP contribution in [0.1, 0.15) is 23.6 Å². The number of hydrogen-bond acceptors (Lipinski definition) is 3. The molecule has 3 aromatic rings. The van der Waals surface area contributed by atoms with Crippen molar-refractivity contribution < 1.29 is 19.1 Å². The normalized spacial score (nSPS) is 16.3. The van der Waals surface area contributed by atoms with Crippen LogP contribution in [0.2, 0.25) is 0 Å². The predicted molar refractivity (Wildman–Crippen MR) is 113 cm³/mol. The average Bonchev–Trinajstić information content (AvgIpc) is 3.10. The molecule has 2 heterocycles. The van der Waals surface area contributed by atoms with Gasteiger partial charge >= 0.3 is 6.03 Å². The minimum absolute atomic E-state index is 0.0191. The number of aromatic nitrogens is 1. The number of aliphatic hydroxyl groups is 1. The van der Waals surface area contributed by atoms with Gasteiger partial charge in [0.1, 0.15) is 5.82 Å². The van der Waals surface area contributed by atoms with Crippen molar-refractivity contribution >= 4 is 28.4 Å². The molecule has 1 aromatic heterocycles. The Labute approximate surface area is 173 Å². The number of aliphatic hydroxyl groups excluding tert-OH is 1. The fourth-order valence-electron chi connectivity index (χ4n) is 3.77. The van der Waals surface area contributed by atoms with Crippen LogP contribution in [0.25, 0.3) is 10.9 Å². The summed E-state index contributed by atoms with van der Waals surface area (Å²) in [5, 5.41) is 13.2. The third-order valence-electron chi connectivity index (χ3n) is 5.34. The van der Waals surface area contributed by atoms with E-state index in [0.29, 0.717) is 17.8 Å². The van der Waals surface area contributed by atoms with Crippen LogP contribution in [0, 0.1) is 12.7 Å². The summed E-state index contributed by atoms with van der Waals surface area (Å²) in [7, 11) is 0. The van der Waals surface area contributed by atoms with E-state index in [2.05, 4.69) is 5.32 Å². The Morgan fingerprint density at radius 3 is 2.73 bits per heavy atom. The quantitative estimate of drug-likeness (QED) is 0.683. The van der Waals surface area contributed by atoms with Gasteiger partial charge in [-0.05, 0) is 59.8 Å². The molecule has 1 aliphatic rings. The summed E-state index contributed by atoms with van der Waals surface area (Å²) in [6, 6.07) is 10.8. The van der Waals surface area contributed by atoms with E-state index >= 15 is 0 Å². The van der Waals surface area contributed by atoms with E-state index in [1.807, 2.05) is 35.9 Å². The van der Waals surface area contributed by atoms with Crippen molar-refractivity contribution in [3.05, 3.63) is 77.9 Å². The fraction of sp³-hybridized carbons (Fsp3) is 0.217. The van der Waals surface area contributed by atoms with Crippen molar-refractivity contribution in [2.75, 3.05) is 11.9 Å². The molecule has 2 N–H and O–H groups in total. The number of aryl methyl sites for hydroxylation is 1. The van der Waals surface area contributed by atoms with E-state index < -0.39 is 6.04 Å². The zero-order valence-electron chi connectivity index (χ0n) is 16.5. The van der Waals surface area contributed by atoms with Gasteiger partial charge < -0.3 is 15.0 Å². The van der Waals surface area contributed by atoms with Gasteiger partial charge in [0.05, 0.1) is 18.2 Å². The van der Waals surface area contributed by atoms with Crippen molar-refractivity contribution in [2.45, 2.75) is 25.9 Å². The summed E-state index contributed by atoms with van der Waals surface area (Å²) in [5.41, 5.74) is 3.14. The topological polar surface area (TPSA) is 74.6 Å². The molecule has 6 nitrogen and oxygen atoms in total. The fourth-order valence-corrected chi connectivity index (χ4v) is 3.77. The van der Waals surface area contributed by atoms with Crippen LogP contribution in [-0.4, -0.2) is 33.0 Å². The van der Waals surface area contributed by atoms with Crippen LogP contribution in [0.15, 0.2) is 60.9 Å². The third kappa shape index (κ3) is 3.84. The first-order valence-electron chi connectivity index (χ1n) is 9.72. The average molecular weight is 407 g/mol. The molecule has 0 saturated carbocycles. The smallest absolute Gasteiger partial charge is 0.326 e. The molecule has 0 aliphatic carbocycles. The second-order valence-corrected chi connectivity index (χ2v) is 7.35. The summed E-state index contributed by atoms with van der Waals surface area (Å²) in [5.74, 6) is -0.463. The number of anilines is 1. The molecule has 7 heteroatoms. The Morgan fingerprint density at radius 1 is 1.23 bits per heavy atom. The van der Waals surface area contributed by atoms with E-state index in [-0.39, 0.29) is 30.7 Å². The zero-order chi connectivity index (χ0) is 21.3. The number of amides is 2. The monoisotopic (exact) mass is 407 g/mol. The standard InChI is InChI=1S/C23H22FN3O3/c1-15-12-17-6-8-26(10-11-28)21(17)14-20(15)25-23(30)27-9-7-19(29)13-22(27)16-2-4-18(24)5-3-16/h2-9,12,14,22,28H,10-11,13H2,1H3,(H,25,30). The lowest BCUT2D eigenvalue weighted by atomic mass is 9.97. The van der Waals surface area contributed by atoms with Crippen LogP contribution >= 0.6 is 0 Å². The number of ketones is 1. The van der Waals surface area contributed by atoms with E-state index in [0.717, 1.165) is 16.5 Å². The molecular weight excluding hydrogens is 385 g/mol. The molecule has 2 aromatic carbocycles. The Hall–Kier alpha value is -3.45. The van der Waals surface area contributed by atoms with Gasteiger partial charge in [0, 0.05) is 31.0 Å². The van der Waals surface area contributed by atoms with Gasteiger partial charge in [-0.1, -0.05) is 12.1 Å². The SMILES string of the molecule is Cc1cc2ccn(CCO)c2cc1NC(=O)N1C=CC(=O)CC1c1ccc(F)cc1. The largest absolute Gasteiger partial charge is 0.395 e. The summed E-state index contributed by atoms with van der Waals surface area (Å²) in [4.78, 5) is 26.5. The number of allylic oxidation sites excluding steroid dienone is 1. The maximum Gasteiger partial charge on any atom is 0.326 e. The molecule has 1 atom stereocenters. The van der Waals surface area contributed by atoms with Gasteiger partial charge in [-0.2, -0.15) is 0 Å². The highest BCUT2D eigenvalue weighted by Crippen LogP contribution is 2.30. The highest BCUT2D eigenvalue weighted by atomic mass is 19.1. The molecular formula is C23H22FN3O3. The van der Waals surface area contributed by atoms with Gasteiger partial charge in [0.2, 0.25) is 0 Å². The van der Waals surface area contributed by atoms with Crippen LogP contribution in [0.4, 0.5) is 14.9 Å². The zero-order valence-corrected chi connectivity index (χ0v) is 16.5. The number of halogens is 1. The van der Waals surface area contributed by atoms with Crippen molar-refractivity contribution in [1.82, 2.24) is 9.47 Å².